The first kappa shape index (κ1) is 34.7. The second-order valence-electron chi connectivity index (χ2n) is 8.47. The van der Waals surface area contributed by atoms with Crippen LogP contribution in [0.15, 0.2) is 54.6 Å². The molecular formula is C30H44Cl3N. The van der Waals surface area contributed by atoms with Gasteiger partial charge in [-0.25, -0.2) is 0 Å². The lowest BCUT2D eigenvalue weighted by Gasteiger charge is -2.25. The average Bonchev–Trinajstić information content (AvgIpc) is 2.77. The molecule has 0 saturated carbocycles. The zero-order chi connectivity index (χ0) is 23.0. The Hall–Kier alpha value is -1.51. The molecule has 190 valence electrons. The third-order valence-corrected chi connectivity index (χ3v) is 6.16. The van der Waals surface area contributed by atoms with Crippen LogP contribution in [-0.4, -0.2) is 6.54 Å². The van der Waals surface area contributed by atoms with Gasteiger partial charge in [-0.15, -0.1) is 37.2 Å². The molecule has 3 aromatic carbocycles. The van der Waals surface area contributed by atoms with Gasteiger partial charge < -0.3 is 5.73 Å². The van der Waals surface area contributed by atoms with E-state index in [1.165, 1.54) is 50.1 Å². The van der Waals surface area contributed by atoms with E-state index in [1.54, 1.807) is 0 Å². The molecule has 0 spiro atoms. The molecular weight excluding hydrogens is 481 g/mol. The maximum atomic E-state index is 4.85. The second-order valence-corrected chi connectivity index (χ2v) is 8.47. The van der Waals surface area contributed by atoms with Gasteiger partial charge >= 0.3 is 0 Å². The summed E-state index contributed by atoms with van der Waals surface area (Å²) in [5.74, 6) is 0.280. The third kappa shape index (κ3) is 8.61. The monoisotopic (exact) mass is 523 g/mol. The van der Waals surface area contributed by atoms with E-state index in [-0.39, 0.29) is 43.1 Å². The minimum Gasteiger partial charge on any atom is -0.331 e. The van der Waals surface area contributed by atoms with E-state index in [0.29, 0.717) is 0 Å². The Kier molecular flexibility index (Phi) is 17.3. The van der Waals surface area contributed by atoms with Crippen molar-refractivity contribution in [3.63, 3.8) is 0 Å². The van der Waals surface area contributed by atoms with Crippen molar-refractivity contribution in [2.24, 2.45) is 5.73 Å². The van der Waals surface area contributed by atoms with E-state index in [1.807, 2.05) is 6.92 Å². The number of benzene rings is 3. The highest BCUT2D eigenvalue weighted by molar-refractivity contribution is 5.86. The molecule has 0 bridgehead atoms. The Labute approximate surface area is 227 Å². The zero-order valence-corrected chi connectivity index (χ0v) is 24.4. The van der Waals surface area contributed by atoms with E-state index in [2.05, 4.69) is 96.1 Å². The number of aryl methyl sites for hydroxylation is 6. The van der Waals surface area contributed by atoms with Crippen molar-refractivity contribution in [2.45, 2.75) is 73.6 Å². The van der Waals surface area contributed by atoms with E-state index < -0.39 is 0 Å². The van der Waals surface area contributed by atoms with Crippen LogP contribution < -0.4 is 5.73 Å². The highest BCUT2D eigenvalue weighted by Crippen LogP contribution is 2.38. The minimum absolute atomic E-state index is 0. The van der Waals surface area contributed by atoms with E-state index in [9.17, 15) is 0 Å². The molecule has 0 heterocycles. The quantitative estimate of drug-likeness (QED) is 0.320. The summed E-state index contributed by atoms with van der Waals surface area (Å²) in [5, 5.41) is 0. The molecule has 3 aromatic rings. The van der Waals surface area contributed by atoms with Gasteiger partial charge in [0.25, 0.3) is 0 Å². The van der Waals surface area contributed by atoms with Crippen LogP contribution in [0.3, 0.4) is 0 Å². The Morgan fingerprint density at radius 3 is 0.941 bits per heavy atom. The number of nitrogens with two attached hydrogens (primary N) is 1. The summed E-state index contributed by atoms with van der Waals surface area (Å²) in [6.07, 6.45) is 3.25. The van der Waals surface area contributed by atoms with Crippen molar-refractivity contribution in [1.29, 1.82) is 0 Å². The average molecular weight is 525 g/mol. The number of rotatable bonds is 6. The van der Waals surface area contributed by atoms with Crippen LogP contribution in [-0.2, 0) is 19.3 Å². The fourth-order valence-electron chi connectivity index (χ4n) is 4.35. The maximum Gasteiger partial charge on any atom is 0.0347 e. The van der Waals surface area contributed by atoms with Crippen molar-refractivity contribution in [1.82, 2.24) is 0 Å². The predicted octanol–water partition coefficient (Wildman–Crippen LogP) is 8.71. The van der Waals surface area contributed by atoms with Crippen LogP contribution >= 0.6 is 37.2 Å². The van der Waals surface area contributed by atoms with Crippen LogP contribution in [0.4, 0.5) is 0 Å². The molecule has 0 aliphatic heterocycles. The van der Waals surface area contributed by atoms with E-state index in [4.69, 9.17) is 5.73 Å². The van der Waals surface area contributed by atoms with Crippen molar-refractivity contribution >= 4 is 37.2 Å². The molecule has 0 aromatic heterocycles. The van der Waals surface area contributed by atoms with Gasteiger partial charge in [0.15, 0.2) is 0 Å². The largest absolute Gasteiger partial charge is 0.331 e. The summed E-state index contributed by atoms with van der Waals surface area (Å²) in [4.78, 5) is 0. The lowest BCUT2D eigenvalue weighted by atomic mass is 9.78. The summed E-state index contributed by atoms with van der Waals surface area (Å²) in [6, 6.07) is 21.1. The van der Waals surface area contributed by atoms with Gasteiger partial charge in [0.2, 0.25) is 0 Å². The van der Waals surface area contributed by atoms with Gasteiger partial charge in [0.05, 0.1) is 0 Å². The van der Waals surface area contributed by atoms with Crippen molar-refractivity contribution in [2.75, 3.05) is 6.54 Å². The van der Waals surface area contributed by atoms with Crippen LogP contribution in [0, 0.1) is 20.8 Å². The summed E-state index contributed by atoms with van der Waals surface area (Å²) in [5.41, 5.74) is 17.5. The van der Waals surface area contributed by atoms with Gasteiger partial charge in [-0.2, -0.15) is 0 Å². The first-order valence-corrected chi connectivity index (χ1v) is 11.9. The molecule has 0 aliphatic rings. The normalized spacial score (nSPS) is 9.79. The smallest absolute Gasteiger partial charge is 0.0347 e. The summed E-state index contributed by atoms with van der Waals surface area (Å²) in [7, 11) is 0. The zero-order valence-electron chi connectivity index (χ0n) is 21.9. The maximum absolute atomic E-state index is 4.85. The van der Waals surface area contributed by atoms with Crippen molar-refractivity contribution in [3.05, 3.63) is 105 Å². The molecule has 0 radical (unpaired) electrons. The highest BCUT2D eigenvalue weighted by Gasteiger charge is 2.22. The Balaban J connectivity index is 0. The number of halogens is 3. The molecule has 0 unspecified atom stereocenters. The fraction of sp³-hybridized carbons (Fsp3) is 0.400. The van der Waals surface area contributed by atoms with Crippen LogP contribution in [0.25, 0.3) is 0 Å². The van der Waals surface area contributed by atoms with Crippen LogP contribution in [0.1, 0.15) is 83.7 Å². The molecule has 4 heteroatoms. The van der Waals surface area contributed by atoms with Gasteiger partial charge in [0.1, 0.15) is 0 Å². The number of hydrogen-bond donors (Lipinski definition) is 1. The molecule has 34 heavy (non-hydrogen) atoms. The topological polar surface area (TPSA) is 26.0 Å². The van der Waals surface area contributed by atoms with Gasteiger partial charge in [-0.1, -0.05) is 82.3 Å². The summed E-state index contributed by atoms with van der Waals surface area (Å²) in [6.45, 7) is 16.2. The Morgan fingerprint density at radius 2 is 0.765 bits per heavy atom. The summed E-state index contributed by atoms with van der Waals surface area (Å²) < 4.78 is 0. The van der Waals surface area contributed by atoms with E-state index >= 15 is 0 Å². The van der Waals surface area contributed by atoms with Gasteiger partial charge in [-0.05, 0) is 96.6 Å². The number of hydrogen-bond acceptors (Lipinski definition) is 1. The molecule has 2 N–H and O–H groups in total. The van der Waals surface area contributed by atoms with Crippen LogP contribution in [0.5, 0.6) is 0 Å². The lowest BCUT2D eigenvalue weighted by Crippen LogP contribution is -2.10. The van der Waals surface area contributed by atoms with Crippen molar-refractivity contribution < 1.29 is 0 Å². The van der Waals surface area contributed by atoms with Crippen LogP contribution in [0.2, 0.25) is 0 Å². The molecule has 0 atom stereocenters. The highest BCUT2D eigenvalue weighted by atomic mass is 35.5. The predicted molar refractivity (Wildman–Crippen MR) is 159 cm³/mol. The summed E-state index contributed by atoms with van der Waals surface area (Å²) >= 11 is 0. The molecule has 0 fully saturated rings. The van der Waals surface area contributed by atoms with Crippen molar-refractivity contribution in [3.8, 4) is 0 Å². The SMILES string of the molecule is CCN.CCc1ccc(C(c2ccc(CC)cc2C)c2ccc(CC)cc2C)c(C)c1.Cl.Cl.Cl. The molecule has 3 rings (SSSR count). The van der Waals surface area contributed by atoms with E-state index in [0.717, 1.165) is 25.8 Å². The lowest BCUT2D eigenvalue weighted by molar-refractivity contribution is 0.925. The Morgan fingerprint density at radius 1 is 0.529 bits per heavy atom. The first-order valence-electron chi connectivity index (χ1n) is 11.9. The van der Waals surface area contributed by atoms with Gasteiger partial charge in [-0.3, -0.25) is 0 Å². The van der Waals surface area contributed by atoms with Gasteiger partial charge in [0, 0.05) is 5.92 Å². The second kappa shape index (κ2) is 17.0. The molecule has 0 saturated heterocycles. The molecule has 1 nitrogen and oxygen atoms in total. The standard InChI is InChI=1S/C28H34.C2H7N.3ClH/c1-7-22-10-13-25(19(4)16-22)28(26-14-11-23(8-2)17-20(26)5)27-15-12-24(9-3)18-21(27)6;1-2-3;;;/h10-18,28H,7-9H2,1-6H3;2-3H2,1H3;3*1H. The first-order chi connectivity index (χ1) is 14.9. The molecule has 0 amide bonds. The Bertz CT molecular complexity index is 871. The minimum atomic E-state index is 0. The third-order valence-electron chi connectivity index (χ3n) is 6.16. The molecule has 0 aliphatic carbocycles. The fourth-order valence-corrected chi connectivity index (χ4v) is 4.35.